The van der Waals surface area contributed by atoms with Crippen LogP contribution in [-0.4, -0.2) is 9.78 Å². The Labute approximate surface area is 109 Å². The Kier molecular flexibility index (Phi) is 3.69. The number of hydrogen-bond acceptors (Lipinski definition) is 1. The number of benzene rings is 1. The Morgan fingerprint density at radius 2 is 1.94 bits per heavy atom. The fourth-order valence-electron chi connectivity index (χ4n) is 1.61. The smallest absolute Gasteiger partial charge is 0.132 e. The van der Waals surface area contributed by atoms with Crippen molar-refractivity contribution in [3.63, 3.8) is 0 Å². The van der Waals surface area contributed by atoms with Gasteiger partial charge in [0.25, 0.3) is 0 Å². The molecule has 0 aliphatic heterocycles. The van der Waals surface area contributed by atoms with Gasteiger partial charge in [-0.3, -0.25) is 0 Å². The van der Waals surface area contributed by atoms with Crippen LogP contribution in [-0.2, 0) is 12.4 Å². The zero-order valence-corrected chi connectivity index (χ0v) is 10.8. The van der Waals surface area contributed by atoms with E-state index in [1.807, 2.05) is 6.92 Å². The van der Waals surface area contributed by atoms with Crippen molar-refractivity contribution >= 4 is 23.2 Å². The molecule has 0 bridgehead atoms. The van der Waals surface area contributed by atoms with Crippen molar-refractivity contribution in [1.29, 1.82) is 0 Å². The van der Waals surface area contributed by atoms with Crippen LogP contribution in [0.1, 0.15) is 16.8 Å². The highest BCUT2D eigenvalue weighted by Gasteiger charge is 2.12. The van der Waals surface area contributed by atoms with Crippen molar-refractivity contribution in [1.82, 2.24) is 9.78 Å². The molecule has 0 fully saturated rings. The third-order valence-electron chi connectivity index (χ3n) is 2.56. The van der Waals surface area contributed by atoms with Crippen LogP contribution in [0.25, 0.3) is 0 Å². The van der Waals surface area contributed by atoms with Crippen molar-refractivity contribution in [3.05, 3.63) is 52.1 Å². The molecule has 0 spiro atoms. The number of hydrogen-bond donors (Lipinski definition) is 0. The minimum Gasteiger partial charge on any atom is -0.249 e. The molecule has 2 nitrogen and oxygen atoms in total. The van der Waals surface area contributed by atoms with Crippen LogP contribution in [0.5, 0.6) is 0 Å². The van der Waals surface area contributed by atoms with E-state index < -0.39 is 0 Å². The van der Waals surface area contributed by atoms with Crippen LogP contribution in [0.15, 0.2) is 24.3 Å². The largest absolute Gasteiger partial charge is 0.249 e. The number of rotatable bonds is 3. The van der Waals surface area contributed by atoms with Crippen LogP contribution in [0, 0.1) is 12.7 Å². The summed E-state index contributed by atoms with van der Waals surface area (Å²) in [5, 5.41) is 4.85. The lowest BCUT2D eigenvalue weighted by atomic mass is 10.2. The van der Waals surface area contributed by atoms with E-state index in [1.165, 1.54) is 12.1 Å². The normalized spacial score (nSPS) is 10.8. The van der Waals surface area contributed by atoms with Gasteiger partial charge in [-0.25, -0.2) is 9.07 Å². The maximum absolute atomic E-state index is 12.8. The molecule has 1 aromatic heterocycles. The van der Waals surface area contributed by atoms with Crippen LogP contribution >= 0.6 is 23.2 Å². The average Bonchev–Trinajstić information content (AvgIpc) is 2.57. The Balaban J connectivity index is 2.27. The third-order valence-corrected chi connectivity index (χ3v) is 3.25. The first-order valence-electron chi connectivity index (χ1n) is 5.14. The predicted molar refractivity (Wildman–Crippen MR) is 67.0 cm³/mol. The molecule has 1 heterocycles. The van der Waals surface area contributed by atoms with E-state index in [-0.39, 0.29) is 5.82 Å². The summed E-state index contributed by atoms with van der Waals surface area (Å²) < 4.78 is 14.4. The number of aromatic nitrogens is 2. The molecule has 90 valence electrons. The van der Waals surface area contributed by atoms with Gasteiger partial charge in [0, 0.05) is 5.56 Å². The molecule has 17 heavy (non-hydrogen) atoms. The van der Waals surface area contributed by atoms with Crippen molar-refractivity contribution < 1.29 is 4.39 Å². The van der Waals surface area contributed by atoms with Gasteiger partial charge in [0.15, 0.2) is 0 Å². The number of nitrogens with zero attached hydrogens (tertiary/aromatic N) is 2. The zero-order chi connectivity index (χ0) is 12.4. The molecule has 0 saturated carbocycles. The lowest BCUT2D eigenvalue weighted by Crippen LogP contribution is -2.02. The van der Waals surface area contributed by atoms with Gasteiger partial charge in [-0.1, -0.05) is 23.7 Å². The summed E-state index contributed by atoms with van der Waals surface area (Å²) in [5.74, 6) is 0.0894. The first kappa shape index (κ1) is 12.4. The average molecular weight is 273 g/mol. The SMILES string of the molecule is Cc1nn(Cc2ccc(F)cc2)c(Cl)c1CCl. The van der Waals surface area contributed by atoms with Gasteiger partial charge in [0.05, 0.1) is 18.1 Å². The second-order valence-corrected chi connectivity index (χ2v) is 4.40. The standard InChI is InChI=1S/C12H11Cl2FN2/c1-8-11(6-13)12(14)17(16-8)7-9-2-4-10(15)5-3-9/h2-5H,6-7H2,1H3. The molecule has 5 heteroatoms. The summed E-state index contributed by atoms with van der Waals surface area (Å²) in [7, 11) is 0. The third kappa shape index (κ3) is 2.61. The van der Waals surface area contributed by atoms with E-state index in [2.05, 4.69) is 5.10 Å². The Morgan fingerprint density at radius 3 is 2.47 bits per heavy atom. The van der Waals surface area contributed by atoms with Gasteiger partial charge in [0.2, 0.25) is 0 Å². The molecular weight excluding hydrogens is 262 g/mol. The second kappa shape index (κ2) is 5.07. The van der Waals surface area contributed by atoms with Gasteiger partial charge in [-0.05, 0) is 24.6 Å². The van der Waals surface area contributed by atoms with E-state index in [0.717, 1.165) is 16.8 Å². The second-order valence-electron chi connectivity index (χ2n) is 3.77. The fourth-order valence-corrected chi connectivity index (χ4v) is 2.30. The quantitative estimate of drug-likeness (QED) is 0.778. The van der Waals surface area contributed by atoms with Gasteiger partial charge >= 0.3 is 0 Å². The zero-order valence-electron chi connectivity index (χ0n) is 9.25. The van der Waals surface area contributed by atoms with Crippen molar-refractivity contribution in [2.24, 2.45) is 0 Å². The van der Waals surface area contributed by atoms with Gasteiger partial charge in [0.1, 0.15) is 11.0 Å². The van der Waals surface area contributed by atoms with Gasteiger partial charge in [-0.2, -0.15) is 5.10 Å². The lowest BCUT2D eigenvalue weighted by Gasteiger charge is -2.03. The molecule has 0 N–H and O–H groups in total. The van der Waals surface area contributed by atoms with Gasteiger partial charge in [-0.15, -0.1) is 11.6 Å². The Bertz CT molecular complexity index is 520. The Hall–Kier alpha value is -1.06. The molecule has 0 aliphatic rings. The predicted octanol–water partition coefficient (Wildman–Crippen LogP) is 3.77. The molecule has 0 unspecified atom stereocenters. The molecule has 0 atom stereocenters. The summed E-state index contributed by atoms with van der Waals surface area (Å²) in [4.78, 5) is 0. The van der Waals surface area contributed by atoms with E-state index in [4.69, 9.17) is 23.2 Å². The maximum atomic E-state index is 12.8. The number of halogens is 3. The minimum atomic E-state index is -0.252. The monoisotopic (exact) mass is 272 g/mol. The van der Waals surface area contributed by atoms with Crippen molar-refractivity contribution in [2.75, 3.05) is 0 Å². The molecule has 2 rings (SSSR count). The molecular formula is C12H11Cl2FN2. The van der Waals surface area contributed by atoms with Crippen molar-refractivity contribution in [2.45, 2.75) is 19.3 Å². The number of alkyl halides is 1. The molecule has 0 aliphatic carbocycles. The van der Waals surface area contributed by atoms with Crippen LogP contribution in [0.3, 0.4) is 0 Å². The summed E-state index contributed by atoms with van der Waals surface area (Å²) >= 11 is 11.9. The number of aryl methyl sites for hydroxylation is 1. The summed E-state index contributed by atoms with van der Waals surface area (Å²) in [6.07, 6.45) is 0. The van der Waals surface area contributed by atoms with Crippen LogP contribution in [0.4, 0.5) is 4.39 Å². The summed E-state index contributed by atoms with van der Waals surface area (Å²) in [5.41, 5.74) is 2.61. The molecule has 1 aromatic carbocycles. The minimum absolute atomic E-state index is 0.252. The van der Waals surface area contributed by atoms with E-state index in [9.17, 15) is 4.39 Å². The molecule has 0 radical (unpaired) electrons. The van der Waals surface area contributed by atoms with Crippen molar-refractivity contribution in [3.8, 4) is 0 Å². The maximum Gasteiger partial charge on any atom is 0.132 e. The lowest BCUT2D eigenvalue weighted by molar-refractivity contribution is 0.624. The highest BCUT2D eigenvalue weighted by Crippen LogP contribution is 2.22. The highest BCUT2D eigenvalue weighted by atomic mass is 35.5. The van der Waals surface area contributed by atoms with Crippen LogP contribution < -0.4 is 0 Å². The molecule has 2 aromatic rings. The Morgan fingerprint density at radius 1 is 1.29 bits per heavy atom. The van der Waals surface area contributed by atoms with E-state index in [0.29, 0.717) is 17.6 Å². The van der Waals surface area contributed by atoms with E-state index in [1.54, 1.807) is 16.8 Å². The first-order valence-corrected chi connectivity index (χ1v) is 6.05. The molecule has 0 saturated heterocycles. The molecule has 0 amide bonds. The summed E-state index contributed by atoms with van der Waals surface area (Å²) in [6, 6.07) is 6.26. The highest BCUT2D eigenvalue weighted by molar-refractivity contribution is 6.31. The fraction of sp³-hybridized carbons (Fsp3) is 0.250. The van der Waals surface area contributed by atoms with Gasteiger partial charge < -0.3 is 0 Å². The summed E-state index contributed by atoms with van der Waals surface area (Å²) in [6.45, 7) is 2.38. The van der Waals surface area contributed by atoms with E-state index >= 15 is 0 Å². The topological polar surface area (TPSA) is 17.8 Å². The van der Waals surface area contributed by atoms with Crippen LogP contribution in [0.2, 0.25) is 5.15 Å². The first-order chi connectivity index (χ1) is 8.11.